The quantitative estimate of drug-likeness (QED) is 0.757. The first kappa shape index (κ1) is 20.4. The molecule has 0 N–H and O–H groups in total. The van der Waals surface area contributed by atoms with Crippen molar-refractivity contribution in [1.29, 1.82) is 0 Å². The van der Waals surface area contributed by atoms with E-state index in [1.54, 1.807) is 32.9 Å². The monoisotopic (exact) mass is 396 g/mol. The van der Waals surface area contributed by atoms with Gasteiger partial charge in [0.15, 0.2) is 0 Å². The Kier molecular flexibility index (Phi) is 5.25. The molecule has 2 heterocycles. The number of ether oxygens (including phenoxy) is 2. The van der Waals surface area contributed by atoms with Crippen LogP contribution in [0.4, 0.5) is 18.4 Å². The van der Waals surface area contributed by atoms with E-state index in [-0.39, 0.29) is 19.6 Å². The van der Waals surface area contributed by atoms with Crippen molar-refractivity contribution in [3.05, 3.63) is 35.9 Å². The lowest BCUT2D eigenvalue weighted by Crippen LogP contribution is -2.81. The average Bonchev–Trinajstić information content (AvgIpc) is 2.64. The minimum Gasteiger partial charge on any atom is -0.445 e. The molecule has 1 aromatic carbocycles. The standard InChI is InChI=1S/C20H26F2N2O4/c1-18(2,3)28-16(25)23-11-7-10-19(13-23)20(21,22)14-24(19)17(26)27-12-15-8-5-4-6-9-15/h4-6,8-9H,7,10-14H2,1-3H3. The topological polar surface area (TPSA) is 59.1 Å². The average molecular weight is 396 g/mol. The highest BCUT2D eigenvalue weighted by Gasteiger charge is 2.70. The fourth-order valence-corrected chi connectivity index (χ4v) is 3.68. The van der Waals surface area contributed by atoms with Crippen LogP contribution in [0.1, 0.15) is 39.2 Å². The first-order valence-electron chi connectivity index (χ1n) is 9.38. The van der Waals surface area contributed by atoms with Gasteiger partial charge in [-0.25, -0.2) is 18.4 Å². The second-order valence-corrected chi connectivity index (χ2v) is 8.37. The number of carbonyl (C=O) groups is 2. The predicted molar refractivity (Wildman–Crippen MR) is 98.1 cm³/mol. The Labute approximate surface area is 163 Å². The summed E-state index contributed by atoms with van der Waals surface area (Å²) in [5, 5.41) is 0. The van der Waals surface area contributed by atoms with Gasteiger partial charge < -0.3 is 14.4 Å². The number of halogens is 2. The van der Waals surface area contributed by atoms with Crippen molar-refractivity contribution in [3.8, 4) is 0 Å². The molecule has 8 heteroatoms. The Morgan fingerprint density at radius 1 is 1.11 bits per heavy atom. The summed E-state index contributed by atoms with van der Waals surface area (Å²) >= 11 is 0. The van der Waals surface area contributed by atoms with Gasteiger partial charge in [-0.2, -0.15) is 0 Å². The van der Waals surface area contributed by atoms with Gasteiger partial charge in [0, 0.05) is 6.54 Å². The zero-order valence-corrected chi connectivity index (χ0v) is 16.4. The summed E-state index contributed by atoms with van der Waals surface area (Å²) in [6, 6.07) is 9.03. The third-order valence-electron chi connectivity index (χ3n) is 5.10. The van der Waals surface area contributed by atoms with Crippen molar-refractivity contribution in [2.75, 3.05) is 19.6 Å². The first-order chi connectivity index (χ1) is 13.0. The number of likely N-dealkylation sites (tertiary alicyclic amines) is 2. The third-order valence-corrected chi connectivity index (χ3v) is 5.10. The van der Waals surface area contributed by atoms with Crippen molar-refractivity contribution >= 4 is 12.2 Å². The Balaban J connectivity index is 1.70. The second-order valence-electron chi connectivity index (χ2n) is 8.37. The number of rotatable bonds is 2. The van der Waals surface area contributed by atoms with Gasteiger partial charge in [-0.15, -0.1) is 0 Å². The largest absolute Gasteiger partial charge is 0.445 e. The first-order valence-corrected chi connectivity index (χ1v) is 9.38. The van der Waals surface area contributed by atoms with Crippen molar-refractivity contribution in [3.63, 3.8) is 0 Å². The number of piperidine rings is 1. The molecule has 1 unspecified atom stereocenters. The Morgan fingerprint density at radius 2 is 1.79 bits per heavy atom. The van der Waals surface area contributed by atoms with E-state index >= 15 is 0 Å². The summed E-state index contributed by atoms with van der Waals surface area (Å²) in [5.41, 5.74) is -1.69. The van der Waals surface area contributed by atoms with E-state index in [4.69, 9.17) is 9.47 Å². The molecule has 3 rings (SSSR count). The molecule has 0 aromatic heterocycles. The van der Waals surface area contributed by atoms with Crippen LogP contribution in [0.5, 0.6) is 0 Å². The van der Waals surface area contributed by atoms with E-state index in [0.29, 0.717) is 13.0 Å². The molecule has 1 atom stereocenters. The van der Waals surface area contributed by atoms with Gasteiger partial charge in [0.05, 0.1) is 13.1 Å². The normalized spacial score (nSPS) is 23.9. The highest BCUT2D eigenvalue weighted by atomic mass is 19.3. The molecular weight excluding hydrogens is 370 g/mol. The van der Waals surface area contributed by atoms with Crippen molar-refractivity contribution in [2.24, 2.45) is 0 Å². The van der Waals surface area contributed by atoms with E-state index in [2.05, 4.69) is 0 Å². The molecule has 0 saturated carbocycles. The number of alkyl halides is 2. The third kappa shape index (κ3) is 3.91. The lowest BCUT2D eigenvalue weighted by molar-refractivity contribution is -0.245. The Hall–Kier alpha value is -2.38. The van der Waals surface area contributed by atoms with Gasteiger partial charge in [0.1, 0.15) is 17.7 Å². The molecule has 2 amide bonds. The van der Waals surface area contributed by atoms with Crippen LogP contribution in [0.3, 0.4) is 0 Å². The van der Waals surface area contributed by atoms with Crippen LogP contribution in [0.2, 0.25) is 0 Å². The molecule has 154 valence electrons. The van der Waals surface area contributed by atoms with Crippen LogP contribution in [0.15, 0.2) is 30.3 Å². The molecule has 2 fully saturated rings. The second kappa shape index (κ2) is 7.22. The van der Waals surface area contributed by atoms with Crippen LogP contribution in [0, 0.1) is 0 Å². The van der Waals surface area contributed by atoms with Crippen molar-refractivity contribution in [2.45, 2.75) is 57.3 Å². The summed E-state index contributed by atoms with van der Waals surface area (Å²) in [7, 11) is 0. The number of hydrogen-bond donors (Lipinski definition) is 0. The molecule has 28 heavy (non-hydrogen) atoms. The smallest absolute Gasteiger partial charge is 0.411 e. The number of benzene rings is 1. The fraction of sp³-hybridized carbons (Fsp3) is 0.600. The minimum atomic E-state index is -3.08. The number of amides is 2. The van der Waals surface area contributed by atoms with E-state index in [1.165, 1.54) is 4.90 Å². The van der Waals surface area contributed by atoms with Gasteiger partial charge in [0.2, 0.25) is 0 Å². The highest BCUT2D eigenvalue weighted by molar-refractivity contribution is 5.72. The summed E-state index contributed by atoms with van der Waals surface area (Å²) < 4.78 is 39.8. The minimum absolute atomic E-state index is 0.00754. The zero-order valence-electron chi connectivity index (χ0n) is 16.4. The molecule has 0 bridgehead atoms. The van der Waals surface area contributed by atoms with Crippen LogP contribution in [-0.2, 0) is 16.1 Å². The maximum atomic E-state index is 14.6. The zero-order chi connectivity index (χ0) is 20.6. The number of hydrogen-bond acceptors (Lipinski definition) is 4. The summed E-state index contributed by atoms with van der Waals surface area (Å²) in [4.78, 5) is 27.2. The Morgan fingerprint density at radius 3 is 2.39 bits per heavy atom. The molecule has 6 nitrogen and oxygen atoms in total. The molecule has 2 aliphatic heterocycles. The summed E-state index contributed by atoms with van der Waals surface area (Å²) in [6.45, 7) is 4.51. The highest BCUT2D eigenvalue weighted by Crippen LogP contribution is 2.50. The Bertz CT molecular complexity index is 735. The lowest BCUT2D eigenvalue weighted by Gasteiger charge is -2.59. The van der Waals surface area contributed by atoms with Gasteiger partial charge >= 0.3 is 12.2 Å². The molecule has 1 aromatic rings. The molecule has 2 aliphatic rings. The van der Waals surface area contributed by atoms with Crippen molar-refractivity contribution < 1.29 is 27.8 Å². The molecular formula is C20H26F2N2O4. The molecule has 2 saturated heterocycles. The van der Waals surface area contributed by atoms with E-state index < -0.39 is 35.8 Å². The van der Waals surface area contributed by atoms with E-state index in [0.717, 1.165) is 10.5 Å². The van der Waals surface area contributed by atoms with Gasteiger partial charge in [-0.3, -0.25) is 4.90 Å². The lowest BCUT2D eigenvalue weighted by atomic mass is 9.74. The van der Waals surface area contributed by atoms with Crippen LogP contribution >= 0.6 is 0 Å². The van der Waals surface area contributed by atoms with E-state index in [1.807, 2.05) is 18.2 Å². The molecule has 0 radical (unpaired) electrons. The fourth-order valence-electron chi connectivity index (χ4n) is 3.68. The summed E-state index contributed by atoms with van der Waals surface area (Å²) in [6.07, 6.45) is -0.968. The van der Waals surface area contributed by atoms with E-state index in [9.17, 15) is 18.4 Å². The van der Waals surface area contributed by atoms with Crippen LogP contribution in [-0.4, -0.2) is 58.7 Å². The molecule has 0 aliphatic carbocycles. The van der Waals surface area contributed by atoms with Gasteiger partial charge in [0.25, 0.3) is 5.92 Å². The molecule has 1 spiro atoms. The number of carbonyl (C=O) groups excluding carboxylic acids is 2. The predicted octanol–water partition coefficient (Wildman–Crippen LogP) is 4.04. The number of nitrogens with zero attached hydrogens (tertiary/aromatic N) is 2. The maximum absolute atomic E-state index is 14.6. The summed E-state index contributed by atoms with van der Waals surface area (Å²) in [5.74, 6) is -3.08. The van der Waals surface area contributed by atoms with Crippen LogP contribution in [0.25, 0.3) is 0 Å². The maximum Gasteiger partial charge on any atom is 0.411 e. The van der Waals surface area contributed by atoms with Gasteiger partial charge in [-0.05, 0) is 39.2 Å². The van der Waals surface area contributed by atoms with Crippen LogP contribution < -0.4 is 0 Å². The van der Waals surface area contributed by atoms with Gasteiger partial charge in [-0.1, -0.05) is 30.3 Å². The van der Waals surface area contributed by atoms with Crippen molar-refractivity contribution in [1.82, 2.24) is 9.80 Å². The SMILES string of the molecule is CC(C)(C)OC(=O)N1CCCC2(C1)N(C(=O)OCc1ccccc1)CC2(F)F.